The van der Waals surface area contributed by atoms with Gasteiger partial charge in [0.15, 0.2) is 0 Å². The van der Waals surface area contributed by atoms with Gasteiger partial charge in [0.05, 0.1) is 0 Å². The van der Waals surface area contributed by atoms with E-state index in [1.54, 1.807) is 0 Å². The van der Waals surface area contributed by atoms with Crippen molar-refractivity contribution in [3.8, 4) is 11.7 Å². The van der Waals surface area contributed by atoms with Crippen molar-refractivity contribution in [1.29, 1.82) is 0 Å². The summed E-state index contributed by atoms with van der Waals surface area (Å²) < 4.78 is 0. The van der Waals surface area contributed by atoms with Crippen molar-refractivity contribution in [2.75, 3.05) is 13.6 Å². The molecule has 3 aromatic carbocycles. The molecule has 3 heteroatoms. The molecule has 26 heavy (non-hydrogen) atoms. The van der Waals surface area contributed by atoms with E-state index in [4.69, 9.17) is 0 Å². The van der Waals surface area contributed by atoms with Gasteiger partial charge in [0.2, 0.25) is 0 Å². The van der Waals surface area contributed by atoms with E-state index in [0.29, 0.717) is 0 Å². The molecule has 0 heterocycles. The van der Waals surface area contributed by atoms with Gasteiger partial charge in [0, 0.05) is 0 Å². The van der Waals surface area contributed by atoms with E-state index in [1.807, 2.05) is 11.9 Å². The summed E-state index contributed by atoms with van der Waals surface area (Å²) in [6.07, 6.45) is 0. The fraction of sp³-hybridized carbons (Fsp3) is 0.130. The fourth-order valence-corrected chi connectivity index (χ4v) is 9.23. The second-order valence-corrected chi connectivity index (χ2v) is 14.3. The van der Waals surface area contributed by atoms with Crippen molar-refractivity contribution in [3.63, 3.8) is 0 Å². The molecule has 0 radical (unpaired) electrons. The predicted molar refractivity (Wildman–Crippen MR) is 120 cm³/mol. The third-order valence-electron chi connectivity index (χ3n) is 4.65. The average Bonchev–Trinajstić information content (AvgIpc) is 2.74. The van der Waals surface area contributed by atoms with Crippen LogP contribution in [0.4, 0.5) is 0 Å². The first-order valence-corrected chi connectivity index (χ1v) is 13.0. The van der Waals surface area contributed by atoms with Gasteiger partial charge in [-0.05, 0) is 0 Å². The third-order valence-corrected chi connectivity index (χ3v) is 13.2. The predicted octanol–water partition coefficient (Wildman–Crippen LogP) is 4.70. The van der Waals surface area contributed by atoms with Crippen molar-refractivity contribution in [2.24, 2.45) is 0 Å². The Kier molecular flexibility index (Phi) is 5.52. The first-order valence-electron chi connectivity index (χ1n) is 8.74. The van der Waals surface area contributed by atoms with E-state index in [1.165, 1.54) is 15.9 Å². The summed E-state index contributed by atoms with van der Waals surface area (Å²) in [5.74, 6) is 0. The van der Waals surface area contributed by atoms with Crippen molar-refractivity contribution in [3.05, 3.63) is 91.0 Å². The molecule has 0 amide bonds. The van der Waals surface area contributed by atoms with Gasteiger partial charge < -0.3 is 0 Å². The normalized spacial score (nSPS) is 12.3. The molecule has 0 aliphatic rings. The zero-order valence-corrected chi connectivity index (χ0v) is 17.6. The van der Waals surface area contributed by atoms with Crippen LogP contribution in [0, 0.1) is 11.7 Å². The molecule has 0 unspecified atom stereocenters. The molecular formula is C23H23BrNP. The average molecular weight is 424 g/mol. The molecule has 0 fully saturated rings. The van der Waals surface area contributed by atoms with Gasteiger partial charge in [-0.3, -0.25) is 0 Å². The molecule has 0 saturated heterocycles. The maximum atomic E-state index is 4.31. The van der Waals surface area contributed by atoms with Gasteiger partial charge in [-0.2, -0.15) is 0 Å². The monoisotopic (exact) mass is 423 g/mol. The van der Waals surface area contributed by atoms with E-state index in [0.717, 1.165) is 6.54 Å². The van der Waals surface area contributed by atoms with Crippen molar-refractivity contribution < 1.29 is 0 Å². The number of hydrogen-bond donors (Lipinski definition) is 0. The first kappa shape index (κ1) is 18.7. The number of benzene rings is 3. The molecule has 0 N–H and O–H groups in total. The fourth-order valence-electron chi connectivity index (χ4n) is 3.02. The second kappa shape index (κ2) is 7.67. The van der Waals surface area contributed by atoms with Gasteiger partial charge in [-0.25, -0.2) is 0 Å². The first-order chi connectivity index (χ1) is 12.6. The van der Waals surface area contributed by atoms with E-state index in [9.17, 15) is 0 Å². The number of halogens is 1. The van der Waals surface area contributed by atoms with Crippen LogP contribution in [0.15, 0.2) is 91.0 Å². The zero-order valence-electron chi connectivity index (χ0n) is 15.1. The van der Waals surface area contributed by atoms with Gasteiger partial charge in [0.1, 0.15) is 0 Å². The minimum atomic E-state index is -3.10. The number of hydrogen-bond acceptors (Lipinski definition) is 1. The second-order valence-electron chi connectivity index (χ2n) is 6.25. The van der Waals surface area contributed by atoms with Crippen LogP contribution in [0.3, 0.4) is 0 Å². The van der Waals surface area contributed by atoms with Crippen LogP contribution in [0.25, 0.3) is 0 Å². The van der Waals surface area contributed by atoms with Crippen molar-refractivity contribution >= 4 is 36.7 Å². The SMILES string of the molecule is CCN(C)C#CP(Br)(c1ccccc1)(c1ccccc1)c1ccccc1. The molecule has 0 aromatic heterocycles. The van der Waals surface area contributed by atoms with Crippen LogP contribution in [0.5, 0.6) is 0 Å². The van der Waals surface area contributed by atoms with Crippen molar-refractivity contribution in [1.82, 2.24) is 4.90 Å². The van der Waals surface area contributed by atoms with Gasteiger partial charge in [-0.1, -0.05) is 0 Å². The third kappa shape index (κ3) is 3.18. The molecular weight excluding hydrogens is 401 g/mol. The van der Waals surface area contributed by atoms with Crippen LogP contribution >= 0.6 is 20.8 Å². The molecule has 1 nitrogen and oxygen atoms in total. The summed E-state index contributed by atoms with van der Waals surface area (Å²) in [5, 5.41) is 0.543. The molecule has 0 aliphatic heterocycles. The Hall–Kier alpha value is -2.07. The summed E-state index contributed by atoms with van der Waals surface area (Å²) >= 11 is 4.31. The summed E-state index contributed by atoms with van der Waals surface area (Å²) in [5.41, 5.74) is 3.73. The Labute approximate surface area is 164 Å². The Morgan fingerprint density at radius 1 is 0.731 bits per heavy atom. The topological polar surface area (TPSA) is 3.24 Å². The summed E-state index contributed by atoms with van der Waals surface area (Å²) in [7, 11) is 2.03. The Balaban J connectivity index is 2.45. The zero-order chi connectivity index (χ0) is 18.5. The number of nitrogens with zero attached hydrogens (tertiary/aromatic N) is 1. The van der Waals surface area contributed by atoms with Gasteiger partial charge >= 0.3 is 165 Å². The molecule has 0 saturated carbocycles. The Bertz CT molecular complexity index is 815. The van der Waals surface area contributed by atoms with E-state index >= 15 is 0 Å². The van der Waals surface area contributed by atoms with Gasteiger partial charge in [-0.15, -0.1) is 0 Å². The summed E-state index contributed by atoms with van der Waals surface area (Å²) in [6.45, 7) is 3.00. The van der Waals surface area contributed by atoms with E-state index < -0.39 is 5.31 Å². The standard InChI is InChI=1S/C23H23BrNP/c1-3-25(2)19-20-26(24,21-13-7-4-8-14-21,22-15-9-5-10-16-22)23-17-11-6-12-18-23/h4-18H,3H2,1-2H3. The van der Waals surface area contributed by atoms with Crippen molar-refractivity contribution in [2.45, 2.75) is 6.92 Å². The molecule has 0 bridgehead atoms. The number of rotatable bonds is 4. The molecule has 132 valence electrons. The molecule has 3 aromatic rings. The Morgan fingerprint density at radius 2 is 1.08 bits per heavy atom. The minimum absolute atomic E-state index is 0.880. The Morgan fingerprint density at radius 3 is 1.38 bits per heavy atom. The van der Waals surface area contributed by atoms with Crippen LogP contribution in [0.2, 0.25) is 0 Å². The van der Waals surface area contributed by atoms with E-state index in [-0.39, 0.29) is 0 Å². The molecule has 0 aliphatic carbocycles. The van der Waals surface area contributed by atoms with Crippen LogP contribution in [-0.2, 0) is 0 Å². The molecule has 0 atom stereocenters. The van der Waals surface area contributed by atoms with Crippen LogP contribution in [0.1, 0.15) is 6.92 Å². The van der Waals surface area contributed by atoms with Crippen LogP contribution in [-0.4, -0.2) is 18.5 Å². The quantitative estimate of drug-likeness (QED) is 0.334. The van der Waals surface area contributed by atoms with Crippen LogP contribution < -0.4 is 15.9 Å². The summed E-state index contributed by atoms with van der Waals surface area (Å²) in [4.78, 5) is 2.04. The van der Waals surface area contributed by atoms with E-state index in [2.05, 4.69) is 125 Å². The molecule has 3 rings (SSSR count). The van der Waals surface area contributed by atoms with Gasteiger partial charge in [0.25, 0.3) is 0 Å². The maximum absolute atomic E-state index is 4.31. The summed E-state index contributed by atoms with van der Waals surface area (Å²) in [6, 6.07) is 35.2. The molecule has 0 spiro atoms.